The van der Waals surface area contributed by atoms with E-state index in [2.05, 4.69) is 5.10 Å². The molecule has 16 heavy (non-hydrogen) atoms. The number of benzene rings is 1. The van der Waals surface area contributed by atoms with Crippen molar-refractivity contribution in [3.63, 3.8) is 0 Å². The Hall–Kier alpha value is -2.06. The lowest BCUT2D eigenvalue weighted by molar-refractivity contribution is 0.611. The van der Waals surface area contributed by atoms with Crippen LogP contribution in [0, 0.1) is 17.1 Å². The highest BCUT2D eigenvalue weighted by Crippen LogP contribution is 2.24. The van der Waals surface area contributed by atoms with Gasteiger partial charge >= 0.3 is 0 Å². The smallest absolute Gasteiger partial charge is 0.163 e. The van der Waals surface area contributed by atoms with Gasteiger partial charge in [0.25, 0.3) is 0 Å². The molecule has 0 atom stereocenters. The lowest BCUT2D eigenvalue weighted by atomic mass is 10.3. The molecule has 0 bridgehead atoms. The van der Waals surface area contributed by atoms with Crippen LogP contribution in [0.15, 0.2) is 24.4 Å². The average molecular weight is 237 g/mol. The summed E-state index contributed by atoms with van der Waals surface area (Å²) in [7, 11) is 0. The second-order valence-electron chi connectivity index (χ2n) is 3.05. The maximum atomic E-state index is 13.5. The zero-order chi connectivity index (χ0) is 11.7. The largest absolute Gasteiger partial charge is 0.381 e. The highest BCUT2D eigenvalue weighted by Gasteiger charge is 2.12. The van der Waals surface area contributed by atoms with E-state index in [0.717, 1.165) is 4.68 Å². The molecule has 0 fully saturated rings. The third-order valence-electron chi connectivity index (χ3n) is 2.03. The quantitative estimate of drug-likeness (QED) is 0.825. The first-order valence-corrected chi connectivity index (χ1v) is 4.71. The van der Waals surface area contributed by atoms with Crippen molar-refractivity contribution in [1.29, 1.82) is 5.26 Å². The standard InChI is InChI=1S/C10H6ClFN4/c11-7-2-1-3-8(12)9(7)16-5-6(4-13)10(14)15-16/h1-3,5H,(H2,14,15). The van der Waals surface area contributed by atoms with Gasteiger partial charge in [-0.3, -0.25) is 0 Å². The molecule has 0 amide bonds. The first-order valence-electron chi connectivity index (χ1n) is 4.33. The minimum Gasteiger partial charge on any atom is -0.381 e. The van der Waals surface area contributed by atoms with Crippen molar-refractivity contribution in [3.05, 3.63) is 40.8 Å². The van der Waals surface area contributed by atoms with Gasteiger partial charge in [-0.25, -0.2) is 9.07 Å². The van der Waals surface area contributed by atoms with Crippen LogP contribution in [0.2, 0.25) is 5.02 Å². The predicted octanol–water partition coefficient (Wildman–Crippen LogP) is 2.12. The van der Waals surface area contributed by atoms with Crippen LogP contribution in [0.1, 0.15) is 5.56 Å². The summed E-state index contributed by atoms with van der Waals surface area (Å²) in [6.07, 6.45) is 1.33. The van der Waals surface area contributed by atoms with Gasteiger partial charge in [-0.15, -0.1) is 5.10 Å². The summed E-state index contributed by atoms with van der Waals surface area (Å²) in [6, 6.07) is 6.12. The second-order valence-corrected chi connectivity index (χ2v) is 3.46. The van der Waals surface area contributed by atoms with Crippen LogP contribution in [0.3, 0.4) is 0 Å². The molecule has 2 aromatic rings. The fraction of sp³-hybridized carbons (Fsp3) is 0. The van der Waals surface area contributed by atoms with Gasteiger partial charge in [-0.2, -0.15) is 5.26 Å². The number of nitrogens with zero attached hydrogens (tertiary/aromatic N) is 3. The van der Waals surface area contributed by atoms with Crippen LogP contribution in [-0.2, 0) is 0 Å². The van der Waals surface area contributed by atoms with Crippen LogP contribution in [0.4, 0.5) is 10.2 Å². The van der Waals surface area contributed by atoms with Crippen molar-refractivity contribution < 1.29 is 4.39 Å². The number of nitrogens with two attached hydrogens (primary N) is 1. The van der Waals surface area contributed by atoms with Crippen molar-refractivity contribution in [2.45, 2.75) is 0 Å². The lowest BCUT2D eigenvalue weighted by Gasteiger charge is -2.04. The van der Waals surface area contributed by atoms with E-state index >= 15 is 0 Å². The van der Waals surface area contributed by atoms with Gasteiger partial charge in [-0.1, -0.05) is 17.7 Å². The Balaban J connectivity index is 2.64. The first-order chi connectivity index (χ1) is 7.63. The number of hydrogen-bond donors (Lipinski definition) is 1. The summed E-state index contributed by atoms with van der Waals surface area (Å²) in [5, 5.41) is 12.7. The number of nitrogen functional groups attached to an aromatic ring is 1. The molecule has 2 N–H and O–H groups in total. The molecule has 1 aromatic carbocycles. The van der Waals surface area contributed by atoms with Gasteiger partial charge in [0.15, 0.2) is 5.82 Å². The third-order valence-corrected chi connectivity index (χ3v) is 2.33. The molecular formula is C10H6ClFN4. The molecule has 0 saturated carbocycles. The van der Waals surface area contributed by atoms with Crippen molar-refractivity contribution in [1.82, 2.24) is 9.78 Å². The summed E-state index contributed by atoms with van der Waals surface area (Å²) in [5.74, 6) is -0.485. The number of para-hydroxylation sites is 1. The molecule has 0 aliphatic heterocycles. The van der Waals surface area contributed by atoms with E-state index < -0.39 is 5.82 Å². The highest BCUT2D eigenvalue weighted by molar-refractivity contribution is 6.32. The first kappa shape index (κ1) is 10.5. The summed E-state index contributed by atoms with van der Waals surface area (Å²) < 4.78 is 14.7. The molecular weight excluding hydrogens is 231 g/mol. The van der Waals surface area contributed by atoms with E-state index in [-0.39, 0.29) is 22.1 Å². The van der Waals surface area contributed by atoms with Crippen molar-refractivity contribution in [2.75, 3.05) is 5.73 Å². The third kappa shape index (κ3) is 1.59. The van der Waals surface area contributed by atoms with E-state index in [1.54, 1.807) is 0 Å². The van der Waals surface area contributed by atoms with E-state index in [1.807, 2.05) is 6.07 Å². The van der Waals surface area contributed by atoms with Gasteiger partial charge in [0.2, 0.25) is 0 Å². The zero-order valence-corrected chi connectivity index (χ0v) is 8.74. The summed E-state index contributed by atoms with van der Waals surface area (Å²) in [5.41, 5.74) is 5.73. The van der Waals surface area contributed by atoms with Crippen LogP contribution in [0.5, 0.6) is 0 Å². The molecule has 1 aromatic heterocycles. The minimum atomic E-state index is -0.528. The zero-order valence-electron chi connectivity index (χ0n) is 7.98. The van der Waals surface area contributed by atoms with E-state index in [0.29, 0.717) is 0 Å². The second kappa shape index (κ2) is 3.83. The Morgan fingerprint density at radius 1 is 1.50 bits per heavy atom. The van der Waals surface area contributed by atoms with Crippen molar-refractivity contribution >= 4 is 17.4 Å². The Bertz CT molecular complexity index is 565. The normalized spacial score (nSPS) is 10.1. The molecule has 0 saturated heterocycles. The molecule has 0 unspecified atom stereocenters. The highest BCUT2D eigenvalue weighted by atomic mass is 35.5. The SMILES string of the molecule is N#Cc1cn(-c2c(F)cccc2Cl)nc1N. The number of aromatic nitrogens is 2. The molecule has 4 nitrogen and oxygen atoms in total. The molecule has 1 heterocycles. The Labute approximate surface area is 95.7 Å². The molecule has 0 spiro atoms. The minimum absolute atomic E-state index is 0.0434. The van der Waals surface area contributed by atoms with Crippen LogP contribution in [0.25, 0.3) is 5.69 Å². The van der Waals surface area contributed by atoms with Gasteiger partial charge in [0, 0.05) is 0 Å². The summed E-state index contributed by atoms with van der Waals surface area (Å²) in [4.78, 5) is 0. The monoisotopic (exact) mass is 236 g/mol. The fourth-order valence-electron chi connectivity index (χ4n) is 1.30. The van der Waals surface area contributed by atoms with E-state index in [1.165, 1.54) is 24.4 Å². The number of nitriles is 1. The molecule has 0 aliphatic carbocycles. The molecule has 0 aliphatic rings. The molecule has 0 radical (unpaired) electrons. The Kier molecular flexibility index (Phi) is 2.50. The van der Waals surface area contributed by atoms with Crippen LogP contribution in [-0.4, -0.2) is 9.78 Å². The average Bonchev–Trinajstić information content (AvgIpc) is 2.59. The number of rotatable bonds is 1. The van der Waals surface area contributed by atoms with E-state index in [4.69, 9.17) is 22.6 Å². The number of halogens is 2. The van der Waals surface area contributed by atoms with Gasteiger partial charge < -0.3 is 5.73 Å². The van der Waals surface area contributed by atoms with Crippen LogP contribution < -0.4 is 5.73 Å². The maximum Gasteiger partial charge on any atom is 0.163 e. The van der Waals surface area contributed by atoms with E-state index in [9.17, 15) is 4.39 Å². The van der Waals surface area contributed by atoms with Gasteiger partial charge in [-0.05, 0) is 12.1 Å². The fourth-order valence-corrected chi connectivity index (χ4v) is 1.55. The number of hydrogen-bond acceptors (Lipinski definition) is 3. The Morgan fingerprint density at radius 2 is 2.25 bits per heavy atom. The summed E-state index contributed by atoms with van der Waals surface area (Å²) in [6.45, 7) is 0. The van der Waals surface area contributed by atoms with Gasteiger partial charge in [0.05, 0.1) is 11.2 Å². The van der Waals surface area contributed by atoms with Gasteiger partial charge in [0.1, 0.15) is 23.1 Å². The van der Waals surface area contributed by atoms with Crippen molar-refractivity contribution in [3.8, 4) is 11.8 Å². The van der Waals surface area contributed by atoms with Crippen molar-refractivity contribution in [2.24, 2.45) is 0 Å². The molecule has 80 valence electrons. The molecule has 2 rings (SSSR count). The summed E-state index contributed by atoms with van der Waals surface area (Å²) >= 11 is 5.84. The Morgan fingerprint density at radius 3 is 2.81 bits per heavy atom. The lowest BCUT2D eigenvalue weighted by Crippen LogP contribution is -2.00. The maximum absolute atomic E-state index is 13.5. The number of anilines is 1. The molecule has 6 heteroatoms. The predicted molar refractivity (Wildman–Crippen MR) is 57.7 cm³/mol. The van der Waals surface area contributed by atoms with Crippen LogP contribution >= 0.6 is 11.6 Å². The topological polar surface area (TPSA) is 67.6 Å².